The lowest BCUT2D eigenvalue weighted by atomic mass is 9.86. The Balaban J connectivity index is 1.62. The number of aromatic amines is 1. The molecule has 30 heavy (non-hydrogen) atoms. The molecule has 3 rings (SSSR count). The maximum absolute atomic E-state index is 13.1. The standard InChI is InChI=1S/C20H30F3N5OS/c1-3-10-27-30(29,12-9-20(21,22)23)13-15-4-6-16(7-5-15)28(2)19-17-8-11-24-18(17)25-14-26-19/h8,11,14-16H,3-7,9-10,12-13H2,1-2H3,(H,24,25,26). The molecular formula is C20H30F3N5OS. The summed E-state index contributed by atoms with van der Waals surface area (Å²) in [6.45, 7) is 2.25. The number of halogens is 3. The van der Waals surface area contributed by atoms with Gasteiger partial charge in [-0.1, -0.05) is 6.92 Å². The van der Waals surface area contributed by atoms with Gasteiger partial charge >= 0.3 is 6.18 Å². The molecule has 0 aliphatic heterocycles. The van der Waals surface area contributed by atoms with Crippen molar-refractivity contribution in [1.29, 1.82) is 0 Å². The van der Waals surface area contributed by atoms with E-state index in [1.54, 1.807) is 6.33 Å². The summed E-state index contributed by atoms with van der Waals surface area (Å²) in [6.07, 6.45) is 2.18. The van der Waals surface area contributed by atoms with Crippen molar-refractivity contribution in [3.05, 3.63) is 18.6 Å². The zero-order chi connectivity index (χ0) is 21.8. The van der Waals surface area contributed by atoms with Gasteiger partial charge in [-0.2, -0.15) is 13.2 Å². The quantitative estimate of drug-likeness (QED) is 0.634. The molecule has 6 nitrogen and oxygen atoms in total. The Labute approximate surface area is 175 Å². The normalized spacial score (nSPS) is 22.0. The summed E-state index contributed by atoms with van der Waals surface area (Å²) in [4.78, 5) is 13.9. The summed E-state index contributed by atoms with van der Waals surface area (Å²) < 4.78 is 55.4. The molecule has 0 amide bonds. The molecule has 1 aliphatic rings. The smallest absolute Gasteiger partial charge is 0.356 e. The van der Waals surface area contributed by atoms with Crippen molar-refractivity contribution in [2.24, 2.45) is 10.3 Å². The Bertz CT molecular complexity index is 943. The lowest BCUT2D eigenvalue weighted by Gasteiger charge is -2.35. The largest absolute Gasteiger partial charge is 0.390 e. The summed E-state index contributed by atoms with van der Waals surface area (Å²) in [7, 11) is -0.812. The lowest BCUT2D eigenvalue weighted by Crippen LogP contribution is -2.37. The molecule has 168 valence electrons. The Morgan fingerprint density at radius 3 is 2.67 bits per heavy atom. The first-order valence-corrected chi connectivity index (χ1v) is 12.3. The predicted molar refractivity (Wildman–Crippen MR) is 114 cm³/mol. The van der Waals surface area contributed by atoms with Gasteiger partial charge in [0, 0.05) is 47.1 Å². The number of nitrogens with zero attached hydrogens (tertiary/aromatic N) is 4. The third-order valence-electron chi connectivity index (χ3n) is 5.78. The molecule has 1 fully saturated rings. The molecule has 0 aromatic carbocycles. The van der Waals surface area contributed by atoms with E-state index >= 15 is 0 Å². The van der Waals surface area contributed by atoms with E-state index in [1.807, 2.05) is 26.2 Å². The van der Waals surface area contributed by atoms with Gasteiger partial charge in [0.1, 0.15) is 17.8 Å². The van der Waals surface area contributed by atoms with Gasteiger partial charge in [0.15, 0.2) is 0 Å². The zero-order valence-corrected chi connectivity index (χ0v) is 18.3. The maximum atomic E-state index is 13.1. The fourth-order valence-electron chi connectivity index (χ4n) is 4.11. The highest BCUT2D eigenvalue weighted by atomic mass is 32.2. The van der Waals surface area contributed by atoms with Crippen molar-refractivity contribution in [3.8, 4) is 0 Å². The number of nitrogens with one attached hydrogen (secondary N) is 1. The highest BCUT2D eigenvalue weighted by molar-refractivity contribution is 7.93. The van der Waals surface area contributed by atoms with Crippen LogP contribution in [-0.4, -0.2) is 56.5 Å². The molecule has 10 heteroatoms. The minimum atomic E-state index is -4.30. The molecule has 1 unspecified atom stereocenters. The Hall–Kier alpha value is -1.84. The van der Waals surface area contributed by atoms with Crippen molar-refractivity contribution in [2.45, 2.75) is 57.7 Å². The van der Waals surface area contributed by atoms with Crippen LogP contribution in [0.5, 0.6) is 0 Å². The van der Waals surface area contributed by atoms with Crippen molar-refractivity contribution in [2.75, 3.05) is 30.0 Å². The second-order valence-electron chi connectivity index (χ2n) is 8.08. The van der Waals surface area contributed by atoms with Crippen LogP contribution in [0.25, 0.3) is 11.0 Å². The van der Waals surface area contributed by atoms with Crippen LogP contribution in [0.2, 0.25) is 0 Å². The number of anilines is 1. The average molecular weight is 446 g/mol. The summed E-state index contributed by atoms with van der Waals surface area (Å²) in [6, 6.07) is 2.24. The lowest BCUT2D eigenvalue weighted by molar-refractivity contribution is -0.129. The van der Waals surface area contributed by atoms with E-state index < -0.39 is 22.3 Å². The summed E-state index contributed by atoms with van der Waals surface area (Å²) >= 11 is 0. The first-order chi connectivity index (χ1) is 14.2. The van der Waals surface area contributed by atoms with Gasteiger partial charge in [0.2, 0.25) is 0 Å². The van der Waals surface area contributed by atoms with Crippen LogP contribution >= 0.6 is 0 Å². The van der Waals surface area contributed by atoms with Crippen molar-refractivity contribution < 1.29 is 17.4 Å². The van der Waals surface area contributed by atoms with Crippen molar-refractivity contribution in [1.82, 2.24) is 15.0 Å². The SMILES string of the molecule is CCCN=S(=O)(CCC(F)(F)F)CC1CCC(N(C)c2ncnc3[nH]ccc23)CC1. The molecule has 1 atom stereocenters. The molecular weight excluding hydrogens is 415 g/mol. The number of hydrogen-bond acceptors (Lipinski definition) is 5. The summed E-state index contributed by atoms with van der Waals surface area (Å²) in [5.41, 5.74) is 0.794. The molecule has 2 aromatic rings. The average Bonchev–Trinajstić information content (AvgIpc) is 3.19. The molecule has 2 heterocycles. The second kappa shape index (κ2) is 9.53. The maximum Gasteiger partial charge on any atom is 0.390 e. The molecule has 0 radical (unpaired) electrons. The molecule has 1 aliphatic carbocycles. The fourth-order valence-corrected chi connectivity index (χ4v) is 6.65. The van der Waals surface area contributed by atoms with Crippen LogP contribution in [0.4, 0.5) is 19.0 Å². The molecule has 0 saturated heterocycles. The van der Waals surface area contributed by atoms with E-state index in [0.29, 0.717) is 13.0 Å². The van der Waals surface area contributed by atoms with Crippen LogP contribution in [0.15, 0.2) is 23.0 Å². The van der Waals surface area contributed by atoms with Gasteiger partial charge in [-0.25, -0.2) is 18.5 Å². The van der Waals surface area contributed by atoms with Crippen molar-refractivity contribution in [3.63, 3.8) is 0 Å². The monoisotopic (exact) mass is 445 g/mol. The highest BCUT2D eigenvalue weighted by Crippen LogP contribution is 2.33. The van der Waals surface area contributed by atoms with Gasteiger partial charge in [-0.15, -0.1) is 0 Å². The Morgan fingerprint density at radius 2 is 2.00 bits per heavy atom. The molecule has 2 aromatic heterocycles. The number of aromatic nitrogens is 3. The summed E-state index contributed by atoms with van der Waals surface area (Å²) in [5, 5.41) is 0.968. The van der Waals surface area contributed by atoms with Crippen LogP contribution in [0.3, 0.4) is 0 Å². The third kappa shape index (κ3) is 5.86. The predicted octanol–water partition coefficient (Wildman–Crippen LogP) is 4.78. The van der Waals surface area contributed by atoms with Crippen molar-refractivity contribution >= 4 is 26.6 Å². The Kier molecular flexibility index (Phi) is 7.26. The zero-order valence-electron chi connectivity index (χ0n) is 17.5. The first kappa shape index (κ1) is 22.8. The van der Waals surface area contributed by atoms with Crippen LogP contribution in [0, 0.1) is 5.92 Å². The molecule has 1 N–H and O–H groups in total. The van der Waals surface area contributed by atoms with E-state index in [1.165, 1.54) is 0 Å². The van der Waals surface area contributed by atoms with E-state index in [2.05, 4.69) is 24.2 Å². The molecule has 0 spiro atoms. The number of alkyl halides is 3. The van der Waals surface area contributed by atoms with Crippen LogP contribution in [-0.2, 0) is 9.73 Å². The van der Waals surface area contributed by atoms with Gasteiger partial charge in [0.05, 0.1) is 11.8 Å². The van der Waals surface area contributed by atoms with Crippen LogP contribution < -0.4 is 4.90 Å². The first-order valence-electron chi connectivity index (χ1n) is 10.5. The van der Waals surface area contributed by atoms with E-state index in [4.69, 9.17) is 0 Å². The number of fused-ring (bicyclic) bond motifs is 1. The minimum absolute atomic E-state index is 0.147. The van der Waals surface area contributed by atoms with Gasteiger partial charge in [-0.3, -0.25) is 0 Å². The fraction of sp³-hybridized carbons (Fsp3) is 0.700. The van der Waals surface area contributed by atoms with E-state index in [0.717, 1.165) is 42.5 Å². The number of H-pyrrole nitrogens is 1. The topological polar surface area (TPSA) is 74.2 Å². The number of hydrogen-bond donors (Lipinski definition) is 1. The van der Waals surface area contributed by atoms with Crippen LogP contribution in [0.1, 0.15) is 45.4 Å². The molecule has 1 saturated carbocycles. The summed E-state index contributed by atoms with van der Waals surface area (Å²) in [5.74, 6) is 0.906. The number of rotatable bonds is 8. The van der Waals surface area contributed by atoms with E-state index in [9.17, 15) is 17.4 Å². The minimum Gasteiger partial charge on any atom is -0.356 e. The van der Waals surface area contributed by atoms with Gasteiger partial charge in [-0.05, 0) is 44.1 Å². The second-order valence-corrected chi connectivity index (χ2v) is 10.6. The van der Waals surface area contributed by atoms with Gasteiger partial charge in [0.25, 0.3) is 0 Å². The highest BCUT2D eigenvalue weighted by Gasteiger charge is 2.32. The van der Waals surface area contributed by atoms with E-state index in [-0.39, 0.29) is 23.5 Å². The molecule has 0 bridgehead atoms. The van der Waals surface area contributed by atoms with Gasteiger partial charge < -0.3 is 9.88 Å². The Morgan fingerprint density at radius 1 is 1.27 bits per heavy atom. The third-order valence-corrected chi connectivity index (χ3v) is 8.27.